The van der Waals surface area contributed by atoms with Crippen molar-refractivity contribution in [2.24, 2.45) is 0 Å². The number of carbonyl (C=O) groups is 2. The van der Waals surface area contributed by atoms with E-state index < -0.39 is 34.4 Å². The first-order valence-corrected chi connectivity index (χ1v) is 16.0. The van der Waals surface area contributed by atoms with Gasteiger partial charge in [-0.1, -0.05) is 29.3 Å². The van der Waals surface area contributed by atoms with Crippen LogP contribution in [0, 0.1) is 0 Å². The smallest absolute Gasteiger partial charge is 0.264 e. The number of anilines is 1. The van der Waals surface area contributed by atoms with Gasteiger partial charge in [0.25, 0.3) is 10.0 Å². The fourth-order valence-corrected chi connectivity index (χ4v) is 6.08. The molecule has 0 saturated heterocycles. The zero-order valence-corrected chi connectivity index (χ0v) is 27.8. The maximum absolute atomic E-state index is 14.2. The van der Waals surface area contributed by atoms with Crippen LogP contribution >= 0.6 is 23.2 Å². The minimum atomic E-state index is -4.35. The summed E-state index contributed by atoms with van der Waals surface area (Å²) in [6, 6.07) is 14.2. The lowest BCUT2D eigenvalue weighted by Gasteiger charge is -2.32. The maximum atomic E-state index is 14.2. The van der Waals surface area contributed by atoms with Crippen LogP contribution < -0.4 is 23.8 Å². The van der Waals surface area contributed by atoms with Gasteiger partial charge in [-0.2, -0.15) is 0 Å². The van der Waals surface area contributed by atoms with Crippen molar-refractivity contribution in [3.63, 3.8) is 0 Å². The predicted octanol–water partition coefficient (Wildman–Crippen LogP) is 5.55. The lowest BCUT2D eigenvalue weighted by molar-refractivity contribution is -0.139. The maximum Gasteiger partial charge on any atom is 0.264 e. The minimum absolute atomic E-state index is 0.0318. The molecule has 3 aromatic carbocycles. The first-order chi connectivity index (χ1) is 20.8. The summed E-state index contributed by atoms with van der Waals surface area (Å²) in [7, 11) is -1.51. The fraction of sp³-hybridized carbons (Fsp3) is 0.355. The van der Waals surface area contributed by atoms with Crippen molar-refractivity contribution in [1.29, 1.82) is 0 Å². The average Bonchev–Trinajstić information content (AvgIpc) is 2.99. The molecule has 0 aliphatic heterocycles. The van der Waals surface area contributed by atoms with E-state index in [0.29, 0.717) is 28.7 Å². The molecule has 3 rings (SSSR count). The topological polar surface area (TPSA) is 114 Å². The van der Waals surface area contributed by atoms with Crippen LogP contribution in [-0.4, -0.2) is 64.6 Å². The number of hydrogen-bond acceptors (Lipinski definition) is 7. The van der Waals surface area contributed by atoms with Crippen LogP contribution in [0.5, 0.6) is 17.2 Å². The third kappa shape index (κ3) is 8.49. The molecule has 0 fully saturated rings. The fourth-order valence-electron chi connectivity index (χ4n) is 4.33. The molecule has 1 unspecified atom stereocenters. The van der Waals surface area contributed by atoms with Crippen molar-refractivity contribution in [3.8, 4) is 17.2 Å². The molecule has 10 nitrogen and oxygen atoms in total. The van der Waals surface area contributed by atoms with E-state index in [2.05, 4.69) is 5.32 Å². The number of halogens is 2. The van der Waals surface area contributed by atoms with Crippen molar-refractivity contribution >= 4 is 50.7 Å². The number of amides is 2. The standard InChI is InChI=1S/C31H37Cl2N3O7S/c1-7-43-24-11-9-23(10-12-24)36(44(39,40)25-13-15-28(41-5)29(17-25)42-6)19-30(37)35(21(4)31(38)34-20(2)3)18-22-8-14-26(32)27(33)16-22/h8-17,20-21H,7,18-19H2,1-6H3,(H,34,38). The summed E-state index contributed by atoms with van der Waals surface area (Å²) in [6.45, 7) is 6.79. The van der Waals surface area contributed by atoms with Gasteiger partial charge in [-0.25, -0.2) is 8.42 Å². The van der Waals surface area contributed by atoms with Crippen molar-refractivity contribution in [1.82, 2.24) is 10.2 Å². The van der Waals surface area contributed by atoms with E-state index in [4.69, 9.17) is 37.4 Å². The van der Waals surface area contributed by atoms with Crippen LogP contribution in [0.2, 0.25) is 10.0 Å². The van der Waals surface area contributed by atoms with Gasteiger partial charge in [0.1, 0.15) is 18.3 Å². The number of hydrogen-bond donors (Lipinski definition) is 1. The molecule has 1 N–H and O–H groups in total. The molecule has 13 heteroatoms. The Morgan fingerprint density at radius 2 is 1.55 bits per heavy atom. The van der Waals surface area contributed by atoms with Crippen LogP contribution in [0.15, 0.2) is 65.6 Å². The highest BCUT2D eigenvalue weighted by atomic mass is 35.5. The number of sulfonamides is 1. The average molecular weight is 667 g/mol. The third-order valence-electron chi connectivity index (χ3n) is 6.59. The SMILES string of the molecule is CCOc1ccc(N(CC(=O)N(Cc2ccc(Cl)c(Cl)c2)C(C)C(=O)NC(C)C)S(=O)(=O)c2ccc(OC)c(OC)c2)cc1. The molecule has 0 radical (unpaired) electrons. The van der Waals surface area contributed by atoms with Crippen LogP contribution in [0.1, 0.15) is 33.3 Å². The molecule has 238 valence electrons. The molecule has 0 spiro atoms. The van der Waals surface area contributed by atoms with Gasteiger partial charge in [0.2, 0.25) is 11.8 Å². The van der Waals surface area contributed by atoms with Gasteiger partial charge in [-0.15, -0.1) is 0 Å². The number of carbonyl (C=O) groups excluding carboxylic acids is 2. The number of rotatable bonds is 14. The van der Waals surface area contributed by atoms with Crippen molar-refractivity contribution < 1.29 is 32.2 Å². The summed E-state index contributed by atoms with van der Waals surface area (Å²) in [6.07, 6.45) is 0. The van der Waals surface area contributed by atoms with Gasteiger partial charge < -0.3 is 24.4 Å². The van der Waals surface area contributed by atoms with E-state index in [0.717, 1.165) is 4.31 Å². The Labute approximate surface area is 268 Å². The zero-order chi connectivity index (χ0) is 32.6. The first kappa shape index (κ1) is 34.8. The highest BCUT2D eigenvalue weighted by Gasteiger charge is 2.33. The van der Waals surface area contributed by atoms with Crippen LogP contribution in [-0.2, 0) is 26.2 Å². The van der Waals surface area contributed by atoms with Gasteiger partial charge in [-0.05, 0) is 81.8 Å². The van der Waals surface area contributed by atoms with E-state index in [1.54, 1.807) is 63.2 Å². The van der Waals surface area contributed by atoms with Crippen molar-refractivity contribution in [2.45, 2.75) is 51.2 Å². The van der Waals surface area contributed by atoms with Gasteiger partial charge >= 0.3 is 0 Å². The minimum Gasteiger partial charge on any atom is -0.494 e. The third-order valence-corrected chi connectivity index (χ3v) is 9.10. The van der Waals surface area contributed by atoms with E-state index in [9.17, 15) is 18.0 Å². The summed E-state index contributed by atoms with van der Waals surface area (Å²) in [5, 5.41) is 3.43. The lowest BCUT2D eigenvalue weighted by Crippen LogP contribution is -2.52. The van der Waals surface area contributed by atoms with Gasteiger partial charge in [0.05, 0.1) is 41.5 Å². The number of benzene rings is 3. The van der Waals surface area contributed by atoms with Gasteiger partial charge in [-0.3, -0.25) is 13.9 Å². The van der Waals surface area contributed by atoms with E-state index >= 15 is 0 Å². The van der Waals surface area contributed by atoms with Crippen molar-refractivity contribution in [2.75, 3.05) is 31.7 Å². The Kier molecular flexibility index (Phi) is 12.2. The molecule has 0 bridgehead atoms. The molecule has 0 saturated carbocycles. The highest BCUT2D eigenvalue weighted by Crippen LogP contribution is 2.33. The second-order valence-electron chi connectivity index (χ2n) is 10.1. The number of ether oxygens (including phenoxy) is 3. The van der Waals surface area contributed by atoms with E-state index in [-0.39, 0.29) is 33.9 Å². The molecule has 0 heterocycles. The second-order valence-corrected chi connectivity index (χ2v) is 12.7. The summed E-state index contributed by atoms with van der Waals surface area (Å²) >= 11 is 12.3. The predicted molar refractivity (Wildman–Crippen MR) is 171 cm³/mol. The molecule has 44 heavy (non-hydrogen) atoms. The molecule has 0 aliphatic carbocycles. The van der Waals surface area contributed by atoms with E-state index in [1.807, 2.05) is 6.92 Å². The largest absolute Gasteiger partial charge is 0.494 e. The van der Waals surface area contributed by atoms with Gasteiger partial charge in [0.15, 0.2) is 11.5 Å². The Morgan fingerprint density at radius 3 is 2.11 bits per heavy atom. The highest BCUT2D eigenvalue weighted by molar-refractivity contribution is 7.92. The van der Waals surface area contributed by atoms with Crippen LogP contribution in [0.3, 0.4) is 0 Å². The van der Waals surface area contributed by atoms with Crippen LogP contribution in [0.4, 0.5) is 5.69 Å². The molecule has 1 atom stereocenters. The summed E-state index contributed by atoms with van der Waals surface area (Å²) in [5.74, 6) is 0.0511. The molecular weight excluding hydrogens is 629 g/mol. The Hall–Kier alpha value is -3.67. The molecule has 0 aliphatic rings. The summed E-state index contributed by atoms with van der Waals surface area (Å²) < 4.78 is 45.5. The summed E-state index contributed by atoms with van der Waals surface area (Å²) in [5.41, 5.74) is 0.817. The molecular formula is C31H37Cl2N3O7S. The quantitative estimate of drug-likeness (QED) is 0.240. The second kappa shape index (κ2) is 15.4. The number of nitrogens with zero attached hydrogens (tertiary/aromatic N) is 2. The molecule has 3 aromatic rings. The number of methoxy groups -OCH3 is 2. The summed E-state index contributed by atoms with van der Waals surface area (Å²) in [4.78, 5) is 28.4. The Morgan fingerprint density at radius 1 is 0.886 bits per heavy atom. The van der Waals surface area contributed by atoms with E-state index in [1.165, 1.54) is 37.3 Å². The lowest BCUT2D eigenvalue weighted by atomic mass is 10.1. The molecule has 0 aromatic heterocycles. The Bertz CT molecular complexity index is 1570. The monoisotopic (exact) mass is 665 g/mol. The van der Waals surface area contributed by atoms with Crippen LogP contribution in [0.25, 0.3) is 0 Å². The van der Waals surface area contributed by atoms with Gasteiger partial charge in [0, 0.05) is 18.7 Å². The Balaban J connectivity index is 2.09. The molecule has 2 amide bonds. The van der Waals surface area contributed by atoms with Crippen molar-refractivity contribution in [3.05, 3.63) is 76.3 Å². The zero-order valence-electron chi connectivity index (χ0n) is 25.5. The first-order valence-electron chi connectivity index (χ1n) is 13.8. The normalized spacial score (nSPS) is 11.9. The number of nitrogens with one attached hydrogen (secondary N) is 1.